The Labute approximate surface area is 140 Å². The number of guanidine groups is 1. The molecule has 24 heavy (non-hydrogen) atoms. The van der Waals surface area contributed by atoms with Gasteiger partial charge in [-0.3, -0.25) is 4.99 Å². The fourth-order valence-corrected chi connectivity index (χ4v) is 2.76. The summed E-state index contributed by atoms with van der Waals surface area (Å²) in [5.41, 5.74) is 0.242. The Morgan fingerprint density at radius 2 is 2.04 bits per heavy atom. The van der Waals surface area contributed by atoms with Gasteiger partial charge in [-0.25, -0.2) is 0 Å². The third-order valence-corrected chi connectivity index (χ3v) is 4.11. The fourth-order valence-electron chi connectivity index (χ4n) is 2.76. The number of hydrogen-bond donors (Lipinski definition) is 1. The summed E-state index contributed by atoms with van der Waals surface area (Å²) in [6.07, 6.45) is -2.59. The first-order valence-corrected chi connectivity index (χ1v) is 8.06. The molecular formula is C17H24F3N3O. The van der Waals surface area contributed by atoms with E-state index < -0.39 is 11.7 Å². The quantitative estimate of drug-likeness (QED) is 0.660. The normalized spacial score (nSPS) is 18.7. The van der Waals surface area contributed by atoms with E-state index in [1.54, 1.807) is 7.05 Å². The smallest absolute Gasteiger partial charge is 0.381 e. The van der Waals surface area contributed by atoms with Gasteiger partial charge in [0.25, 0.3) is 0 Å². The molecule has 1 atom stereocenters. The molecule has 0 saturated carbocycles. The van der Waals surface area contributed by atoms with Gasteiger partial charge in [-0.2, -0.15) is 13.2 Å². The molecule has 0 aromatic heterocycles. The number of alkyl halides is 3. The summed E-state index contributed by atoms with van der Waals surface area (Å²) in [5, 5.41) is 3.25. The van der Waals surface area contributed by atoms with Gasteiger partial charge in [-0.15, -0.1) is 0 Å². The Morgan fingerprint density at radius 3 is 2.58 bits per heavy atom. The fraction of sp³-hybridized carbons (Fsp3) is 0.588. The first-order chi connectivity index (χ1) is 11.4. The molecule has 0 aliphatic carbocycles. The molecule has 2 rings (SSSR count). The molecule has 0 amide bonds. The lowest BCUT2D eigenvalue weighted by Crippen LogP contribution is -2.42. The van der Waals surface area contributed by atoms with Crippen LogP contribution in [0.1, 0.15) is 17.5 Å². The minimum absolute atomic E-state index is 0.517. The van der Waals surface area contributed by atoms with Crippen LogP contribution < -0.4 is 5.32 Å². The summed E-state index contributed by atoms with van der Waals surface area (Å²) >= 11 is 0. The van der Waals surface area contributed by atoms with E-state index in [4.69, 9.17) is 4.74 Å². The average molecular weight is 343 g/mol. The van der Waals surface area contributed by atoms with Crippen LogP contribution in [0.15, 0.2) is 29.3 Å². The number of ether oxygens (including phenoxy) is 1. The molecule has 1 fully saturated rings. The van der Waals surface area contributed by atoms with Gasteiger partial charge in [0.1, 0.15) is 0 Å². The van der Waals surface area contributed by atoms with Crippen LogP contribution in [0.2, 0.25) is 0 Å². The highest BCUT2D eigenvalue weighted by Gasteiger charge is 2.29. The van der Waals surface area contributed by atoms with Crippen molar-refractivity contribution in [3.8, 4) is 0 Å². The van der Waals surface area contributed by atoms with Crippen LogP contribution >= 0.6 is 0 Å². The average Bonchev–Trinajstić information content (AvgIpc) is 3.04. The standard InChI is InChI=1S/C17H24F3N3O/c1-21-16(23(2)11-14-8-10-24-12-14)22-9-7-13-3-5-15(6-4-13)17(18,19)20/h3-6,14H,7-12H2,1-2H3,(H,21,22). The molecular weight excluding hydrogens is 319 g/mol. The van der Waals surface area contributed by atoms with Crippen LogP contribution in [0, 0.1) is 5.92 Å². The van der Waals surface area contributed by atoms with Gasteiger partial charge in [-0.1, -0.05) is 12.1 Å². The van der Waals surface area contributed by atoms with Crippen molar-refractivity contribution in [3.63, 3.8) is 0 Å². The highest BCUT2D eigenvalue weighted by atomic mass is 19.4. The summed E-state index contributed by atoms with van der Waals surface area (Å²) < 4.78 is 43.0. The molecule has 7 heteroatoms. The molecule has 1 saturated heterocycles. The van der Waals surface area contributed by atoms with E-state index in [-0.39, 0.29) is 0 Å². The van der Waals surface area contributed by atoms with E-state index in [9.17, 15) is 13.2 Å². The predicted octanol–water partition coefficient (Wildman–Crippen LogP) is 2.79. The lowest BCUT2D eigenvalue weighted by Gasteiger charge is -2.24. The highest BCUT2D eigenvalue weighted by molar-refractivity contribution is 5.79. The third kappa shape index (κ3) is 5.40. The second-order valence-electron chi connectivity index (χ2n) is 6.03. The van der Waals surface area contributed by atoms with E-state index in [2.05, 4.69) is 15.2 Å². The van der Waals surface area contributed by atoms with Crippen molar-refractivity contribution in [3.05, 3.63) is 35.4 Å². The monoisotopic (exact) mass is 343 g/mol. The van der Waals surface area contributed by atoms with Gasteiger partial charge in [-0.05, 0) is 30.5 Å². The van der Waals surface area contributed by atoms with Crippen LogP contribution in [-0.4, -0.2) is 51.3 Å². The maximum absolute atomic E-state index is 12.5. The van der Waals surface area contributed by atoms with Crippen molar-refractivity contribution in [1.29, 1.82) is 0 Å². The largest absolute Gasteiger partial charge is 0.416 e. The van der Waals surface area contributed by atoms with Crippen molar-refractivity contribution in [1.82, 2.24) is 10.2 Å². The molecule has 1 aliphatic heterocycles. The first-order valence-electron chi connectivity index (χ1n) is 8.06. The highest BCUT2D eigenvalue weighted by Crippen LogP contribution is 2.29. The van der Waals surface area contributed by atoms with Gasteiger partial charge in [0.05, 0.1) is 12.2 Å². The number of benzene rings is 1. The van der Waals surface area contributed by atoms with Crippen molar-refractivity contribution in [2.75, 3.05) is 40.4 Å². The molecule has 1 aromatic carbocycles. The van der Waals surface area contributed by atoms with Gasteiger partial charge in [0.15, 0.2) is 5.96 Å². The zero-order valence-corrected chi connectivity index (χ0v) is 14.1. The first kappa shape index (κ1) is 18.6. The number of rotatable bonds is 5. The van der Waals surface area contributed by atoms with Crippen molar-refractivity contribution < 1.29 is 17.9 Å². The minimum Gasteiger partial charge on any atom is -0.381 e. The second-order valence-corrected chi connectivity index (χ2v) is 6.03. The maximum atomic E-state index is 12.5. The second kappa shape index (κ2) is 8.37. The molecule has 0 radical (unpaired) electrons. The summed E-state index contributed by atoms with van der Waals surface area (Å²) in [4.78, 5) is 6.31. The van der Waals surface area contributed by atoms with Crippen LogP contribution in [0.3, 0.4) is 0 Å². The summed E-state index contributed by atoms with van der Waals surface area (Å²) in [6.45, 7) is 3.09. The summed E-state index contributed by atoms with van der Waals surface area (Å²) in [6, 6.07) is 5.28. The van der Waals surface area contributed by atoms with Gasteiger partial charge >= 0.3 is 6.18 Å². The van der Waals surface area contributed by atoms with Crippen LogP contribution in [0.4, 0.5) is 13.2 Å². The lowest BCUT2D eigenvalue weighted by atomic mass is 10.1. The van der Waals surface area contributed by atoms with E-state index in [1.165, 1.54) is 12.1 Å². The number of nitrogens with zero attached hydrogens (tertiary/aromatic N) is 2. The zero-order chi connectivity index (χ0) is 17.6. The Kier molecular flexibility index (Phi) is 6.48. The number of halogens is 3. The number of nitrogens with one attached hydrogen (secondary N) is 1. The van der Waals surface area contributed by atoms with Crippen molar-refractivity contribution >= 4 is 5.96 Å². The van der Waals surface area contributed by atoms with Crippen molar-refractivity contribution in [2.24, 2.45) is 10.9 Å². The van der Waals surface area contributed by atoms with Crippen molar-refractivity contribution in [2.45, 2.75) is 19.0 Å². The maximum Gasteiger partial charge on any atom is 0.416 e. The topological polar surface area (TPSA) is 36.9 Å². The molecule has 1 unspecified atom stereocenters. The van der Waals surface area contributed by atoms with Gasteiger partial charge < -0.3 is 15.0 Å². The molecule has 134 valence electrons. The lowest BCUT2D eigenvalue weighted by molar-refractivity contribution is -0.137. The zero-order valence-electron chi connectivity index (χ0n) is 14.1. The van der Waals surface area contributed by atoms with E-state index in [0.717, 1.165) is 49.8 Å². The third-order valence-electron chi connectivity index (χ3n) is 4.11. The molecule has 1 N–H and O–H groups in total. The SMILES string of the molecule is CN=C(NCCc1ccc(C(F)(F)F)cc1)N(C)CC1CCOC1. The van der Waals surface area contributed by atoms with Crippen LogP contribution in [0.5, 0.6) is 0 Å². The summed E-state index contributed by atoms with van der Waals surface area (Å²) in [5.74, 6) is 1.30. The predicted molar refractivity (Wildman–Crippen MR) is 88.1 cm³/mol. The van der Waals surface area contributed by atoms with E-state index in [0.29, 0.717) is 18.9 Å². The van der Waals surface area contributed by atoms with Gasteiger partial charge in [0, 0.05) is 39.7 Å². The van der Waals surface area contributed by atoms with Crippen LogP contribution in [-0.2, 0) is 17.3 Å². The molecule has 0 bridgehead atoms. The number of aliphatic imine (C=N–C) groups is 1. The summed E-state index contributed by atoms with van der Waals surface area (Å²) in [7, 11) is 3.70. The Bertz CT molecular complexity index is 537. The molecule has 1 heterocycles. The minimum atomic E-state index is -4.29. The van der Waals surface area contributed by atoms with Crippen LogP contribution in [0.25, 0.3) is 0 Å². The number of hydrogen-bond acceptors (Lipinski definition) is 2. The Hall–Kier alpha value is -1.76. The molecule has 1 aliphatic rings. The molecule has 4 nitrogen and oxygen atoms in total. The molecule has 0 spiro atoms. The Balaban J connectivity index is 1.79. The van der Waals surface area contributed by atoms with E-state index >= 15 is 0 Å². The van der Waals surface area contributed by atoms with E-state index in [1.807, 2.05) is 7.05 Å². The molecule has 1 aromatic rings. The van der Waals surface area contributed by atoms with Gasteiger partial charge in [0.2, 0.25) is 0 Å². The Morgan fingerprint density at radius 1 is 1.33 bits per heavy atom.